The van der Waals surface area contributed by atoms with Crippen molar-refractivity contribution in [3.8, 4) is 0 Å². The van der Waals surface area contributed by atoms with Crippen molar-refractivity contribution in [1.82, 2.24) is 5.32 Å². The lowest BCUT2D eigenvalue weighted by Gasteiger charge is -2.20. The van der Waals surface area contributed by atoms with Gasteiger partial charge in [0.1, 0.15) is 6.04 Å². The Balaban J connectivity index is 4.21. The van der Waals surface area contributed by atoms with Gasteiger partial charge in [0.25, 0.3) is 0 Å². The number of esters is 2. The molecule has 0 aliphatic carbocycles. The summed E-state index contributed by atoms with van der Waals surface area (Å²) < 4.78 is 45.7. The number of halogens is 3. The number of carbonyl (C=O) groups excluding carboxylic acids is 2. The second kappa shape index (κ2) is 7.10. The average molecular weight is 257 g/mol. The van der Waals surface area contributed by atoms with E-state index >= 15 is 0 Å². The number of alkyl halides is 3. The zero-order chi connectivity index (χ0) is 13.5. The lowest BCUT2D eigenvalue weighted by atomic mass is 10.2. The van der Waals surface area contributed by atoms with Crippen LogP contribution in [-0.4, -0.2) is 44.9 Å². The molecule has 0 amide bonds. The molecule has 0 saturated heterocycles. The Labute approximate surface area is 96.3 Å². The molecule has 1 N–H and O–H groups in total. The Hall–Kier alpha value is -1.31. The second-order valence-corrected chi connectivity index (χ2v) is 3.15. The van der Waals surface area contributed by atoms with Crippen molar-refractivity contribution >= 4 is 11.9 Å². The zero-order valence-electron chi connectivity index (χ0n) is 9.47. The molecule has 0 unspecified atom stereocenters. The standard InChI is InChI=1S/C9H14F3NO4/c1-16-7(14)3-4-13-6(9(10,11)12)5-8(15)17-2/h6,13H,3-5H2,1-2H3/t6-/m0/s1. The highest BCUT2D eigenvalue weighted by Gasteiger charge is 2.40. The molecule has 0 heterocycles. The molecule has 1 atom stereocenters. The van der Waals surface area contributed by atoms with Gasteiger partial charge >= 0.3 is 18.1 Å². The lowest BCUT2D eigenvalue weighted by molar-refractivity contribution is -0.168. The highest BCUT2D eigenvalue weighted by atomic mass is 19.4. The first-order valence-electron chi connectivity index (χ1n) is 4.75. The normalized spacial score (nSPS) is 13.0. The SMILES string of the molecule is COC(=O)CCN[C@@H](CC(=O)OC)C(F)(F)F. The predicted octanol–water partition coefficient (Wildman–Crippen LogP) is 0.633. The Kier molecular flexibility index (Phi) is 6.55. The monoisotopic (exact) mass is 257 g/mol. The van der Waals surface area contributed by atoms with Gasteiger partial charge in [-0.15, -0.1) is 0 Å². The fourth-order valence-electron chi connectivity index (χ4n) is 1.00. The van der Waals surface area contributed by atoms with Crippen LogP contribution in [0, 0.1) is 0 Å². The van der Waals surface area contributed by atoms with Gasteiger partial charge < -0.3 is 14.8 Å². The molecule has 0 aromatic carbocycles. The van der Waals surface area contributed by atoms with E-state index in [1.807, 2.05) is 0 Å². The summed E-state index contributed by atoms with van der Waals surface area (Å²) in [5.41, 5.74) is 0. The highest BCUT2D eigenvalue weighted by Crippen LogP contribution is 2.22. The number of rotatable bonds is 6. The minimum atomic E-state index is -4.58. The molecule has 17 heavy (non-hydrogen) atoms. The van der Waals surface area contributed by atoms with E-state index in [0.717, 1.165) is 14.2 Å². The first-order chi connectivity index (χ1) is 7.81. The Bertz CT molecular complexity index is 267. The number of methoxy groups -OCH3 is 2. The maximum absolute atomic E-state index is 12.4. The van der Waals surface area contributed by atoms with Gasteiger partial charge in [0.05, 0.1) is 27.1 Å². The minimum absolute atomic E-state index is 0.204. The molecule has 0 aliphatic heterocycles. The van der Waals surface area contributed by atoms with E-state index < -0.39 is 30.6 Å². The van der Waals surface area contributed by atoms with Crippen molar-refractivity contribution in [2.45, 2.75) is 25.1 Å². The van der Waals surface area contributed by atoms with Crippen molar-refractivity contribution in [2.24, 2.45) is 0 Å². The summed E-state index contributed by atoms with van der Waals surface area (Å²) in [5, 5.41) is 2.06. The summed E-state index contributed by atoms with van der Waals surface area (Å²) in [4.78, 5) is 21.5. The summed E-state index contributed by atoms with van der Waals surface area (Å²) in [6, 6.07) is -2.03. The molecule has 5 nitrogen and oxygen atoms in total. The van der Waals surface area contributed by atoms with Crippen LogP contribution in [0.15, 0.2) is 0 Å². The van der Waals surface area contributed by atoms with E-state index in [2.05, 4.69) is 14.8 Å². The highest BCUT2D eigenvalue weighted by molar-refractivity contribution is 5.70. The first-order valence-corrected chi connectivity index (χ1v) is 4.75. The molecule has 0 aromatic heterocycles. The summed E-state index contributed by atoms with van der Waals surface area (Å²) in [6.07, 6.45) is -5.62. The van der Waals surface area contributed by atoms with E-state index in [-0.39, 0.29) is 13.0 Å². The quantitative estimate of drug-likeness (QED) is 0.707. The van der Waals surface area contributed by atoms with Crippen molar-refractivity contribution in [2.75, 3.05) is 20.8 Å². The predicted molar refractivity (Wildman–Crippen MR) is 51.1 cm³/mol. The van der Waals surface area contributed by atoms with E-state index in [0.29, 0.717) is 0 Å². The molecule has 8 heteroatoms. The van der Waals surface area contributed by atoms with Crippen LogP contribution < -0.4 is 5.32 Å². The van der Waals surface area contributed by atoms with Crippen molar-refractivity contribution in [3.05, 3.63) is 0 Å². The molecule has 0 aliphatic rings. The summed E-state index contributed by atoms with van der Waals surface area (Å²) in [6.45, 7) is -0.228. The Morgan fingerprint density at radius 1 is 1.18 bits per heavy atom. The smallest absolute Gasteiger partial charge is 0.404 e. The van der Waals surface area contributed by atoms with Gasteiger partial charge in [0.15, 0.2) is 0 Å². The topological polar surface area (TPSA) is 64.6 Å². The maximum Gasteiger partial charge on any atom is 0.404 e. The Morgan fingerprint density at radius 3 is 2.12 bits per heavy atom. The van der Waals surface area contributed by atoms with Crippen LogP contribution in [0.25, 0.3) is 0 Å². The molecular formula is C9H14F3NO4. The van der Waals surface area contributed by atoms with Crippen LogP contribution in [0.1, 0.15) is 12.8 Å². The third-order valence-electron chi connectivity index (χ3n) is 1.94. The summed E-state index contributed by atoms with van der Waals surface area (Å²) in [7, 11) is 2.14. The third-order valence-corrected chi connectivity index (χ3v) is 1.94. The number of nitrogens with one attached hydrogen (secondary N) is 1. The molecule has 0 fully saturated rings. The fourth-order valence-corrected chi connectivity index (χ4v) is 1.00. The van der Waals surface area contributed by atoms with Crippen LogP contribution in [0.3, 0.4) is 0 Å². The second-order valence-electron chi connectivity index (χ2n) is 3.15. The average Bonchev–Trinajstić information content (AvgIpc) is 2.25. The van der Waals surface area contributed by atoms with E-state index in [1.54, 1.807) is 0 Å². The van der Waals surface area contributed by atoms with Crippen LogP contribution in [-0.2, 0) is 19.1 Å². The van der Waals surface area contributed by atoms with Gasteiger partial charge in [0, 0.05) is 6.54 Å². The molecule has 0 radical (unpaired) electrons. The van der Waals surface area contributed by atoms with Gasteiger partial charge in [-0.25, -0.2) is 0 Å². The van der Waals surface area contributed by atoms with Gasteiger partial charge in [-0.3, -0.25) is 9.59 Å². The Morgan fingerprint density at radius 2 is 1.71 bits per heavy atom. The van der Waals surface area contributed by atoms with Crippen molar-refractivity contribution < 1.29 is 32.2 Å². The fraction of sp³-hybridized carbons (Fsp3) is 0.778. The number of hydrogen-bond donors (Lipinski definition) is 1. The first kappa shape index (κ1) is 15.7. The van der Waals surface area contributed by atoms with Crippen molar-refractivity contribution in [1.29, 1.82) is 0 Å². The van der Waals surface area contributed by atoms with Crippen LogP contribution in [0.5, 0.6) is 0 Å². The molecule has 0 aromatic rings. The number of carbonyl (C=O) groups is 2. The summed E-state index contributed by atoms with van der Waals surface area (Å²) in [5.74, 6) is -1.60. The summed E-state index contributed by atoms with van der Waals surface area (Å²) >= 11 is 0. The van der Waals surface area contributed by atoms with E-state index in [1.165, 1.54) is 0 Å². The van der Waals surface area contributed by atoms with Crippen molar-refractivity contribution in [3.63, 3.8) is 0 Å². The largest absolute Gasteiger partial charge is 0.469 e. The van der Waals surface area contributed by atoms with Gasteiger partial charge in [-0.2, -0.15) is 13.2 Å². The maximum atomic E-state index is 12.4. The molecular weight excluding hydrogens is 243 g/mol. The molecule has 0 spiro atoms. The van der Waals surface area contributed by atoms with Crippen LogP contribution >= 0.6 is 0 Å². The van der Waals surface area contributed by atoms with Crippen LogP contribution in [0.4, 0.5) is 13.2 Å². The van der Waals surface area contributed by atoms with Crippen LogP contribution in [0.2, 0.25) is 0 Å². The van der Waals surface area contributed by atoms with Gasteiger partial charge in [-0.05, 0) is 0 Å². The van der Waals surface area contributed by atoms with Gasteiger partial charge in [-0.1, -0.05) is 0 Å². The lowest BCUT2D eigenvalue weighted by Crippen LogP contribution is -2.44. The molecule has 0 rings (SSSR count). The number of hydrogen-bond acceptors (Lipinski definition) is 5. The molecule has 100 valence electrons. The minimum Gasteiger partial charge on any atom is -0.469 e. The third kappa shape index (κ3) is 6.77. The molecule has 0 saturated carbocycles. The van der Waals surface area contributed by atoms with Gasteiger partial charge in [0.2, 0.25) is 0 Å². The molecule has 0 bridgehead atoms. The van der Waals surface area contributed by atoms with E-state index in [4.69, 9.17) is 0 Å². The number of ether oxygens (including phenoxy) is 2. The van der Waals surface area contributed by atoms with E-state index in [9.17, 15) is 22.8 Å². The zero-order valence-corrected chi connectivity index (χ0v) is 9.47.